The molecule has 0 aliphatic carbocycles. The molecule has 1 aliphatic heterocycles. The van der Waals surface area contributed by atoms with Crippen molar-refractivity contribution in [3.05, 3.63) is 143 Å². The van der Waals surface area contributed by atoms with E-state index in [9.17, 15) is 19.2 Å². The standard InChI is InChI=1S/C47H51N5O10/c1-57-26-22-51(23-27-58-2)43-41(37-18-20-38(21-19-37)46(55)61-32-35-14-8-4-9-15-35)49-44(52-24-28-59-29-25-52)42(50-43)45(54)48-39(47(56)62-33-36-16-10-5-11-17-36)30-40(53)60-31-34-12-6-3-7-13-34/h3-21,39H,22-33H2,1-2H3,(H,48,54). The molecule has 5 aromatic rings. The van der Waals surface area contributed by atoms with E-state index >= 15 is 0 Å². The van der Waals surface area contributed by atoms with Crippen LogP contribution in [0.4, 0.5) is 11.6 Å². The Kier molecular flexibility index (Phi) is 16.9. The van der Waals surface area contributed by atoms with Crippen LogP contribution in [0.5, 0.6) is 0 Å². The number of carbonyl (C=O) groups excluding carboxylic acids is 4. The van der Waals surface area contributed by atoms with Gasteiger partial charge in [0.15, 0.2) is 17.3 Å². The topological polar surface area (TPSA) is 168 Å². The molecule has 2 heterocycles. The number of carbonyl (C=O) groups is 4. The number of rotatable bonds is 21. The van der Waals surface area contributed by atoms with Crippen LogP contribution in [0.15, 0.2) is 115 Å². The lowest BCUT2D eigenvalue weighted by molar-refractivity contribution is -0.153. The Morgan fingerprint density at radius 1 is 0.694 bits per heavy atom. The number of nitrogens with zero attached hydrogens (tertiary/aromatic N) is 4. The third-order valence-corrected chi connectivity index (χ3v) is 9.85. The van der Waals surface area contributed by atoms with Gasteiger partial charge in [-0.1, -0.05) is 103 Å². The van der Waals surface area contributed by atoms with Crippen molar-refractivity contribution in [2.45, 2.75) is 32.3 Å². The molecular weight excluding hydrogens is 795 g/mol. The Balaban J connectivity index is 1.35. The molecule has 1 saturated heterocycles. The van der Waals surface area contributed by atoms with Gasteiger partial charge in [-0.15, -0.1) is 0 Å². The van der Waals surface area contributed by atoms with E-state index in [4.69, 9.17) is 38.4 Å². The minimum absolute atomic E-state index is 0.0223. The van der Waals surface area contributed by atoms with Gasteiger partial charge in [0.1, 0.15) is 31.6 Å². The van der Waals surface area contributed by atoms with Crippen molar-refractivity contribution in [1.29, 1.82) is 0 Å². The molecule has 0 spiro atoms. The predicted octanol–water partition coefficient (Wildman–Crippen LogP) is 5.41. The first kappa shape index (κ1) is 44.9. The molecule has 0 radical (unpaired) electrons. The molecule has 15 heteroatoms. The summed E-state index contributed by atoms with van der Waals surface area (Å²) in [5.41, 5.74) is 3.62. The van der Waals surface area contributed by atoms with Gasteiger partial charge in [-0.3, -0.25) is 9.59 Å². The molecule has 15 nitrogen and oxygen atoms in total. The lowest BCUT2D eigenvalue weighted by Crippen LogP contribution is -2.45. The van der Waals surface area contributed by atoms with Gasteiger partial charge in [0.05, 0.1) is 38.4 Å². The minimum atomic E-state index is -1.44. The van der Waals surface area contributed by atoms with E-state index in [-0.39, 0.29) is 31.3 Å². The smallest absolute Gasteiger partial charge is 0.338 e. The van der Waals surface area contributed by atoms with Crippen molar-refractivity contribution in [2.24, 2.45) is 0 Å². The van der Waals surface area contributed by atoms with Gasteiger partial charge < -0.3 is 43.5 Å². The van der Waals surface area contributed by atoms with E-state index in [1.54, 1.807) is 50.6 Å². The Morgan fingerprint density at radius 2 is 1.23 bits per heavy atom. The number of morpholine rings is 1. The highest BCUT2D eigenvalue weighted by molar-refractivity contribution is 6.01. The minimum Gasteiger partial charge on any atom is -0.461 e. The third-order valence-electron chi connectivity index (χ3n) is 9.85. The maximum atomic E-state index is 14.6. The van der Waals surface area contributed by atoms with Crippen molar-refractivity contribution >= 4 is 35.5 Å². The van der Waals surface area contributed by atoms with Crippen LogP contribution in [0.2, 0.25) is 0 Å². The maximum Gasteiger partial charge on any atom is 0.338 e. The molecule has 1 unspecified atom stereocenters. The normalized spacial score (nSPS) is 12.8. The van der Waals surface area contributed by atoms with E-state index in [1.165, 1.54) is 0 Å². The summed E-state index contributed by atoms with van der Waals surface area (Å²) in [5, 5.41) is 2.74. The summed E-state index contributed by atoms with van der Waals surface area (Å²) >= 11 is 0. The largest absolute Gasteiger partial charge is 0.461 e. The molecule has 1 aromatic heterocycles. The van der Waals surface area contributed by atoms with Gasteiger partial charge in [-0.05, 0) is 28.8 Å². The number of aromatic nitrogens is 2. The Bertz CT molecular complexity index is 2200. The van der Waals surface area contributed by atoms with Crippen LogP contribution in [-0.2, 0) is 57.8 Å². The fourth-order valence-corrected chi connectivity index (χ4v) is 6.49. The zero-order valence-electron chi connectivity index (χ0n) is 34.9. The lowest BCUT2D eigenvalue weighted by Gasteiger charge is -2.31. The maximum absolute atomic E-state index is 14.6. The predicted molar refractivity (Wildman–Crippen MR) is 230 cm³/mol. The zero-order chi connectivity index (χ0) is 43.5. The van der Waals surface area contributed by atoms with Gasteiger partial charge in [-0.2, -0.15) is 0 Å². The Hall–Kier alpha value is -6.68. The fourth-order valence-electron chi connectivity index (χ4n) is 6.49. The molecule has 0 bridgehead atoms. The SMILES string of the molecule is COCCN(CCOC)c1nc(C(=O)NC(CC(=O)OCc2ccccc2)C(=O)OCc2ccccc2)c(N2CCOCC2)nc1-c1ccc(C(=O)OCc2ccccc2)cc1. The van der Waals surface area contributed by atoms with Gasteiger partial charge in [0.2, 0.25) is 0 Å². The van der Waals surface area contributed by atoms with Crippen molar-refractivity contribution in [3.63, 3.8) is 0 Å². The number of methoxy groups -OCH3 is 2. The quantitative estimate of drug-likeness (QED) is 0.0735. The van der Waals surface area contributed by atoms with Crippen LogP contribution in [0.25, 0.3) is 11.3 Å². The monoisotopic (exact) mass is 845 g/mol. The second-order valence-electron chi connectivity index (χ2n) is 14.2. The Morgan fingerprint density at radius 3 is 1.77 bits per heavy atom. The van der Waals surface area contributed by atoms with E-state index in [1.807, 2.05) is 88.7 Å². The van der Waals surface area contributed by atoms with E-state index < -0.39 is 36.3 Å². The van der Waals surface area contributed by atoms with Crippen molar-refractivity contribution < 1.29 is 47.6 Å². The summed E-state index contributed by atoms with van der Waals surface area (Å²) in [6.45, 7) is 2.87. The summed E-state index contributed by atoms with van der Waals surface area (Å²) < 4.78 is 33.3. The van der Waals surface area contributed by atoms with Crippen molar-refractivity contribution in [1.82, 2.24) is 15.3 Å². The number of anilines is 2. The van der Waals surface area contributed by atoms with Crippen LogP contribution in [-0.4, -0.2) is 107 Å². The number of ether oxygens (including phenoxy) is 6. The van der Waals surface area contributed by atoms with Gasteiger partial charge >= 0.3 is 17.9 Å². The average molecular weight is 846 g/mol. The molecule has 4 aromatic carbocycles. The molecular formula is C47H51N5O10. The summed E-state index contributed by atoms with van der Waals surface area (Å²) in [7, 11) is 3.16. The number of esters is 3. The lowest BCUT2D eigenvalue weighted by atomic mass is 10.1. The van der Waals surface area contributed by atoms with E-state index in [0.717, 1.165) is 16.7 Å². The number of hydrogen-bond donors (Lipinski definition) is 1. The van der Waals surface area contributed by atoms with Crippen LogP contribution >= 0.6 is 0 Å². The molecule has 1 amide bonds. The summed E-state index contributed by atoms with van der Waals surface area (Å²) in [4.78, 5) is 68.6. The molecule has 1 fully saturated rings. The highest BCUT2D eigenvalue weighted by atomic mass is 16.5. The van der Waals surface area contributed by atoms with Gasteiger partial charge in [0.25, 0.3) is 5.91 Å². The average Bonchev–Trinajstić information content (AvgIpc) is 3.32. The summed E-state index contributed by atoms with van der Waals surface area (Å²) in [5.74, 6) is -2.25. The highest BCUT2D eigenvalue weighted by Gasteiger charge is 2.32. The van der Waals surface area contributed by atoms with Crippen LogP contribution in [0.1, 0.15) is 44.0 Å². The first-order chi connectivity index (χ1) is 30.3. The Labute approximate surface area is 360 Å². The number of hydrogen-bond acceptors (Lipinski definition) is 14. The highest BCUT2D eigenvalue weighted by Crippen LogP contribution is 2.33. The van der Waals surface area contributed by atoms with E-state index in [0.29, 0.717) is 75.2 Å². The zero-order valence-corrected chi connectivity index (χ0v) is 34.9. The molecule has 1 atom stereocenters. The molecule has 62 heavy (non-hydrogen) atoms. The first-order valence-corrected chi connectivity index (χ1v) is 20.3. The molecule has 1 N–H and O–H groups in total. The number of nitrogens with one attached hydrogen (secondary N) is 1. The third kappa shape index (κ3) is 12.9. The van der Waals surface area contributed by atoms with E-state index in [2.05, 4.69) is 5.32 Å². The second kappa shape index (κ2) is 23.4. The van der Waals surface area contributed by atoms with Gasteiger partial charge in [-0.25, -0.2) is 19.6 Å². The summed E-state index contributed by atoms with van der Waals surface area (Å²) in [6, 6.07) is 33.0. The fraction of sp³-hybridized carbons (Fsp3) is 0.319. The molecule has 6 rings (SSSR count). The number of amides is 1. The van der Waals surface area contributed by atoms with Crippen LogP contribution < -0.4 is 15.1 Å². The molecule has 0 saturated carbocycles. The molecule has 324 valence electrons. The molecule has 1 aliphatic rings. The van der Waals surface area contributed by atoms with Crippen LogP contribution in [0.3, 0.4) is 0 Å². The second-order valence-corrected chi connectivity index (χ2v) is 14.2. The summed E-state index contributed by atoms with van der Waals surface area (Å²) in [6.07, 6.45) is -0.509. The first-order valence-electron chi connectivity index (χ1n) is 20.3. The number of benzene rings is 4. The van der Waals surface area contributed by atoms with Crippen molar-refractivity contribution in [2.75, 3.05) is 76.6 Å². The van der Waals surface area contributed by atoms with Gasteiger partial charge in [0, 0.05) is 46.0 Å². The van der Waals surface area contributed by atoms with Crippen LogP contribution in [0, 0.1) is 0 Å². The van der Waals surface area contributed by atoms with Crippen molar-refractivity contribution in [3.8, 4) is 11.3 Å².